The summed E-state index contributed by atoms with van der Waals surface area (Å²) in [5, 5.41) is 6.30. The Balaban J connectivity index is 1.47. The number of hydrogen-bond acceptors (Lipinski definition) is 6. The van der Waals surface area contributed by atoms with E-state index < -0.39 is 11.6 Å². The molecule has 0 saturated carbocycles. The molecule has 1 aliphatic rings. The van der Waals surface area contributed by atoms with Crippen LogP contribution < -0.4 is 10.6 Å². The number of aryl methyl sites for hydroxylation is 1. The van der Waals surface area contributed by atoms with Crippen LogP contribution in [-0.2, 0) is 0 Å². The minimum atomic E-state index is -0.641. The number of rotatable bonds is 5. The lowest BCUT2D eigenvalue weighted by Gasteiger charge is -2.14. The Morgan fingerprint density at radius 3 is 2.59 bits per heavy atom. The molecule has 7 nitrogen and oxygen atoms in total. The third kappa shape index (κ3) is 4.14. The molecule has 0 spiro atoms. The van der Waals surface area contributed by atoms with Gasteiger partial charge in [-0.15, -0.1) is 0 Å². The summed E-state index contributed by atoms with van der Waals surface area (Å²) < 4.78 is 31.5. The maximum Gasteiger partial charge on any atom is 0.229 e. The Bertz CT molecular complexity index is 1390. The van der Waals surface area contributed by atoms with Gasteiger partial charge in [0.15, 0.2) is 11.6 Å². The maximum absolute atomic E-state index is 14.9. The predicted octanol–water partition coefficient (Wildman–Crippen LogP) is 5.18. The van der Waals surface area contributed by atoms with Crippen molar-refractivity contribution in [2.24, 2.45) is 0 Å². The van der Waals surface area contributed by atoms with Gasteiger partial charge in [0.25, 0.3) is 0 Å². The van der Waals surface area contributed by atoms with Crippen LogP contribution in [0.1, 0.15) is 37.7 Å². The lowest BCUT2D eigenvalue weighted by molar-refractivity contribution is 0.600. The average Bonchev–Trinajstić information content (AvgIpc) is 3.18. The molecule has 1 aliphatic heterocycles. The van der Waals surface area contributed by atoms with Crippen molar-refractivity contribution in [3.8, 4) is 11.3 Å². The number of hydrogen-bond donors (Lipinski definition) is 2. The first-order chi connectivity index (χ1) is 16.4. The van der Waals surface area contributed by atoms with Crippen molar-refractivity contribution in [1.29, 1.82) is 0 Å². The van der Waals surface area contributed by atoms with Gasteiger partial charge in [-0.05, 0) is 69.1 Å². The topological polar surface area (TPSA) is 80.6 Å². The van der Waals surface area contributed by atoms with E-state index in [1.165, 1.54) is 11.6 Å². The van der Waals surface area contributed by atoms with Gasteiger partial charge in [-0.3, -0.25) is 0 Å². The van der Waals surface area contributed by atoms with Gasteiger partial charge in [-0.1, -0.05) is 6.08 Å². The van der Waals surface area contributed by atoms with Crippen LogP contribution in [0, 0.1) is 18.6 Å². The molecule has 1 aromatic carbocycles. The summed E-state index contributed by atoms with van der Waals surface area (Å²) >= 11 is 0. The number of halogens is 2. The van der Waals surface area contributed by atoms with Crippen molar-refractivity contribution in [2.75, 3.05) is 18.4 Å². The number of fused-ring (bicyclic) bond motifs is 1. The Hall–Kier alpha value is -3.72. The fraction of sp³-hybridized carbons (Fsp3) is 0.280. The Morgan fingerprint density at radius 1 is 1.03 bits per heavy atom. The van der Waals surface area contributed by atoms with Gasteiger partial charge < -0.3 is 15.2 Å². The third-order valence-electron chi connectivity index (χ3n) is 5.90. The van der Waals surface area contributed by atoms with Gasteiger partial charge in [0.1, 0.15) is 22.9 Å². The molecule has 4 aromatic rings. The lowest BCUT2D eigenvalue weighted by Crippen LogP contribution is -2.20. The zero-order valence-electron chi connectivity index (χ0n) is 19.2. The summed E-state index contributed by atoms with van der Waals surface area (Å²) in [6.07, 6.45) is 5.98. The highest BCUT2D eigenvalue weighted by atomic mass is 19.1. The van der Waals surface area contributed by atoms with Gasteiger partial charge in [-0.25, -0.2) is 28.7 Å². The number of aromatic nitrogens is 5. The summed E-state index contributed by atoms with van der Waals surface area (Å²) in [4.78, 5) is 17.1. The average molecular weight is 462 g/mol. The fourth-order valence-corrected chi connectivity index (χ4v) is 4.34. The van der Waals surface area contributed by atoms with E-state index in [-0.39, 0.29) is 23.2 Å². The number of pyridine rings is 1. The van der Waals surface area contributed by atoms with Gasteiger partial charge in [0, 0.05) is 24.3 Å². The van der Waals surface area contributed by atoms with E-state index in [1.807, 2.05) is 37.5 Å². The molecule has 0 unspecified atom stereocenters. The highest BCUT2D eigenvalue weighted by Gasteiger charge is 2.18. The Labute approximate surface area is 196 Å². The summed E-state index contributed by atoms with van der Waals surface area (Å²) in [5.41, 5.74) is 3.50. The predicted molar refractivity (Wildman–Crippen MR) is 129 cm³/mol. The van der Waals surface area contributed by atoms with Gasteiger partial charge in [-0.2, -0.15) is 0 Å². The van der Waals surface area contributed by atoms with Crippen molar-refractivity contribution < 1.29 is 8.78 Å². The quantitative estimate of drug-likeness (QED) is 0.427. The zero-order valence-corrected chi connectivity index (χ0v) is 19.2. The Morgan fingerprint density at radius 2 is 1.88 bits per heavy atom. The van der Waals surface area contributed by atoms with Gasteiger partial charge in [0.05, 0.1) is 11.7 Å². The van der Waals surface area contributed by atoms with E-state index in [1.54, 1.807) is 12.3 Å². The number of nitrogens with one attached hydrogen (secondary N) is 2. The second-order valence-electron chi connectivity index (χ2n) is 8.58. The highest BCUT2D eigenvalue weighted by Crippen LogP contribution is 2.30. The first-order valence-electron chi connectivity index (χ1n) is 11.2. The second-order valence-corrected chi connectivity index (χ2v) is 8.58. The van der Waals surface area contributed by atoms with E-state index in [2.05, 4.69) is 36.6 Å². The number of imidazole rings is 1. The van der Waals surface area contributed by atoms with Gasteiger partial charge >= 0.3 is 0 Å². The molecule has 0 amide bonds. The van der Waals surface area contributed by atoms with E-state index in [0.29, 0.717) is 22.7 Å². The van der Waals surface area contributed by atoms with Crippen LogP contribution in [-0.4, -0.2) is 37.6 Å². The molecule has 5 rings (SSSR count). The minimum absolute atomic E-state index is 0.00365. The summed E-state index contributed by atoms with van der Waals surface area (Å²) in [6.45, 7) is 7.61. The standard InChI is InChI=1S/C25H25F2N7/c1-14(2)34-15(3)31-24-19(26)10-18(11-21(24)34)23-20(27)13-30-25(33-23)32-22-5-4-17(12-29-22)16-6-8-28-9-7-16/h4-6,10-14,28H,7-9H2,1-3H3,(H,29,30,32,33). The normalized spacial score (nSPS) is 14.0. The molecule has 0 aliphatic carbocycles. The van der Waals surface area contributed by atoms with E-state index in [9.17, 15) is 8.78 Å². The lowest BCUT2D eigenvalue weighted by atomic mass is 10.0. The van der Waals surface area contributed by atoms with Crippen molar-refractivity contribution in [3.63, 3.8) is 0 Å². The number of benzene rings is 1. The van der Waals surface area contributed by atoms with Crippen molar-refractivity contribution in [3.05, 3.63) is 65.8 Å². The summed E-state index contributed by atoms with van der Waals surface area (Å²) in [7, 11) is 0. The molecule has 0 saturated heterocycles. The summed E-state index contributed by atoms with van der Waals surface area (Å²) in [5.74, 6) is 0.240. The van der Waals surface area contributed by atoms with Crippen molar-refractivity contribution >= 4 is 28.4 Å². The molecular formula is C25H25F2N7. The van der Waals surface area contributed by atoms with E-state index in [4.69, 9.17) is 0 Å². The largest absolute Gasteiger partial charge is 0.326 e. The fourth-order valence-electron chi connectivity index (χ4n) is 4.34. The first-order valence-corrected chi connectivity index (χ1v) is 11.2. The number of anilines is 2. The minimum Gasteiger partial charge on any atom is -0.326 e. The smallest absolute Gasteiger partial charge is 0.229 e. The molecule has 4 heterocycles. The van der Waals surface area contributed by atoms with Crippen LogP contribution in [0.5, 0.6) is 0 Å². The molecule has 0 atom stereocenters. The van der Waals surface area contributed by atoms with Crippen LogP contribution >= 0.6 is 0 Å². The maximum atomic E-state index is 14.9. The molecule has 0 fully saturated rings. The van der Waals surface area contributed by atoms with Crippen LogP contribution in [0.15, 0.2) is 42.7 Å². The molecule has 174 valence electrons. The van der Waals surface area contributed by atoms with Crippen LogP contribution in [0.4, 0.5) is 20.5 Å². The molecule has 3 aromatic heterocycles. The van der Waals surface area contributed by atoms with Crippen LogP contribution in [0.3, 0.4) is 0 Å². The molecule has 34 heavy (non-hydrogen) atoms. The highest BCUT2D eigenvalue weighted by molar-refractivity contribution is 5.83. The first kappa shape index (κ1) is 22.1. The third-order valence-corrected chi connectivity index (χ3v) is 5.90. The molecule has 9 heteroatoms. The summed E-state index contributed by atoms with van der Waals surface area (Å²) in [6, 6.07) is 6.86. The van der Waals surface area contributed by atoms with Crippen LogP contribution in [0.2, 0.25) is 0 Å². The second kappa shape index (κ2) is 8.90. The van der Waals surface area contributed by atoms with Crippen molar-refractivity contribution in [2.45, 2.75) is 33.2 Å². The van der Waals surface area contributed by atoms with Crippen molar-refractivity contribution in [1.82, 2.24) is 29.8 Å². The molecule has 0 bridgehead atoms. The van der Waals surface area contributed by atoms with E-state index >= 15 is 0 Å². The molecule has 2 N–H and O–H groups in total. The van der Waals surface area contributed by atoms with Crippen LogP contribution in [0.25, 0.3) is 27.9 Å². The monoisotopic (exact) mass is 461 g/mol. The molecular weight excluding hydrogens is 436 g/mol. The molecule has 0 radical (unpaired) electrons. The SMILES string of the molecule is Cc1nc2c(F)cc(-c3nc(Nc4ccc(C5=CCNCC5)cn4)ncc3F)cc2n1C(C)C. The number of nitrogens with zero attached hydrogens (tertiary/aromatic N) is 5. The Kier molecular flexibility index (Phi) is 5.79. The van der Waals surface area contributed by atoms with E-state index in [0.717, 1.165) is 31.3 Å². The zero-order chi connectivity index (χ0) is 23.8. The van der Waals surface area contributed by atoms with Gasteiger partial charge in [0.2, 0.25) is 5.95 Å².